The van der Waals surface area contributed by atoms with Gasteiger partial charge in [-0.2, -0.15) is 13.2 Å². The maximum absolute atomic E-state index is 12.5. The summed E-state index contributed by atoms with van der Waals surface area (Å²) in [4.78, 5) is 14.2. The summed E-state index contributed by atoms with van der Waals surface area (Å²) in [5.74, 6) is -0.114. The first-order valence-electron chi connectivity index (χ1n) is 7.18. The van der Waals surface area contributed by atoms with Crippen molar-refractivity contribution < 1.29 is 22.7 Å². The van der Waals surface area contributed by atoms with E-state index >= 15 is 0 Å². The van der Waals surface area contributed by atoms with E-state index in [4.69, 9.17) is 10.5 Å². The average Bonchev–Trinajstić information content (AvgIpc) is 2.52. The van der Waals surface area contributed by atoms with Crippen LogP contribution in [0.4, 0.5) is 13.2 Å². The van der Waals surface area contributed by atoms with E-state index in [-0.39, 0.29) is 35.5 Å². The minimum atomic E-state index is -4.44. The second kappa shape index (κ2) is 8.40. The molecule has 1 amide bonds. The molecule has 2 rings (SSSR count). The maximum atomic E-state index is 12.5. The van der Waals surface area contributed by atoms with Gasteiger partial charge in [-0.25, -0.2) is 0 Å². The molecule has 0 aliphatic carbocycles. The number of carbonyl (C=O) groups excluding carboxylic acids is 1. The molecular formula is C15H20ClF3N2O2. The SMILES string of the molecule is Cl.NCC1CCCN(C(=O)c2ccccc2OCC(F)(F)F)C1. The number of para-hydroxylation sites is 1. The number of ether oxygens (including phenoxy) is 1. The van der Waals surface area contributed by atoms with Gasteiger partial charge < -0.3 is 15.4 Å². The molecule has 1 atom stereocenters. The van der Waals surface area contributed by atoms with Crippen molar-refractivity contribution in [2.24, 2.45) is 11.7 Å². The number of hydrogen-bond donors (Lipinski definition) is 1. The molecule has 0 radical (unpaired) electrons. The Morgan fingerprint density at radius 1 is 1.35 bits per heavy atom. The summed E-state index contributed by atoms with van der Waals surface area (Å²) < 4.78 is 41.6. The van der Waals surface area contributed by atoms with Gasteiger partial charge in [-0.15, -0.1) is 12.4 Å². The molecule has 2 N–H and O–H groups in total. The van der Waals surface area contributed by atoms with Crippen LogP contribution in [0.15, 0.2) is 24.3 Å². The van der Waals surface area contributed by atoms with Gasteiger partial charge in [0.25, 0.3) is 5.91 Å². The molecule has 1 aromatic carbocycles. The van der Waals surface area contributed by atoms with Crippen LogP contribution in [0.5, 0.6) is 5.75 Å². The van der Waals surface area contributed by atoms with E-state index in [0.717, 1.165) is 12.8 Å². The number of hydrogen-bond acceptors (Lipinski definition) is 3. The van der Waals surface area contributed by atoms with Crippen molar-refractivity contribution in [3.63, 3.8) is 0 Å². The molecular weight excluding hydrogens is 333 g/mol. The summed E-state index contributed by atoms with van der Waals surface area (Å²) in [7, 11) is 0. The van der Waals surface area contributed by atoms with Crippen LogP contribution in [-0.4, -0.2) is 43.2 Å². The first-order chi connectivity index (χ1) is 10.4. The first-order valence-corrected chi connectivity index (χ1v) is 7.18. The largest absolute Gasteiger partial charge is 0.483 e. The van der Waals surface area contributed by atoms with Gasteiger partial charge in [0.1, 0.15) is 5.75 Å². The zero-order valence-corrected chi connectivity index (χ0v) is 13.3. The molecule has 23 heavy (non-hydrogen) atoms. The Hall–Kier alpha value is -1.47. The fourth-order valence-corrected chi connectivity index (χ4v) is 2.54. The van der Waals surface area contributed by atoms with Crippen LogP contribution < -0.4 is 10.5 Å². The first kappa shape index (κ1) is 19.6. The van der Waals surface area contributed by atoms with Crippen molar-refractivity contribution in [2.75, 3.05) is 26.2 Å². The second-order valence-corrected chi connectivity index (χ2v) is 5.40. The highest BCUT2D eigenvalue weighted by Crippen LogP contribution is 2.25. The molecule has 1 unspecified atom stereocenters. The molecule has 0 spiro atoms. The van der Waals surface area contributed by atoms with Crippen molar-refractivity contribution in [2.45, 2.75) is 19.0 Å². The molecule has 0 bridgehead atoms. The van der Waals surface area contributed by atoms with E-state index in [0.29, 0.717) is 19.6 Å². The standard InChI is InChI=1S/C15H19F3N2O2.ClH/c16-15(17,18)10-22-13-6-2-1-5-12(13)14(21)20-7-3-4-11(8-19)9-20;/h1-2,5-6,11H,3-4,7-10,19H2;1H. The molecule has 1 saturated heterocycles. The van der Waals surface area contributed by atoms with Crippen LogP contribution in [0.2, 0.25) is 0 Å². The molecule has 0 aromatic heterocycles. The molecule has 1 aliphatic rings. The highest BCUT2D eigenvalue weighted by Gasteiger charge is 2.30. The van der Waals surface area contributed by atoms with Crippen molar-refractivity contribution in [3.05, 3.63) is 29.8 Å². The van der Waals surface area contributed by atoms with E-state index in [2.05, 4.69) is 0 Å². The minimum Gasteiger partial charge on any atom is -0.483 e. The smallest absolute Gasteiger partial charge is 0.422 e. The Balaban J connectivity index is 0.00000264. The monoisotopic (exact) mass is 352 g/mol. The summed E-state index contributed by atoms with van der Waals surface area (Å²) in [6.45, 7) is 0.199. The predicted octanol–water partition coefficient (Wildman–Crippen LogP) is 2.86. The van der Waals surface area contributed by atoms with Crippen LogP contribution >= 0.6 is 12.4 Å². The van der Waals surface area contributed by atoms with Gasteiger partial charge in [0, 0.05) is 13.1 Å². The quantitative estimate of drug-likeness (QED) is 0.906. The highest BCUT2D eigenvalue weighted by atomic mass is 35.5. The molecule has 130 valence electrons. The number of rotatable bonds is 4. The topological polar surface area (TPSA) is 55.6 Å². The van der Waals surface area contributed by atoms with E-state index in [1.165, 1.54) is 12.1 Å². The molecule has 4 nitrogen and oxygen atoms in total. The number of likely N-dealkylation sites (tertiary alicyclic amines) is 1. The number of alkyl halides is 3. The highest BCUT2D eigenvalue weighted by molar-refractivity contribution is 5.97. The number of carbonyl (C=O) groups is 1. The second-order valence-electron chi connectivity index (χ2n) is 5.40. The van der Waals surface area contributed by atoms with Crippen molar-refractivity contribution in [1.82, 2.24) is 4.90 Å². The number of piperidine rings is 1. The Kier molecular flexibility index (Phi) is 7.15. The Morgan fingerprint density at radius 2 is 2.04 bits per heavy atom. The Labute approximate surface area is 139 Å². The number of amides is 1. The number of benzene rings is 1. The minimum absolute atomic E-state index is 0. The van der Waals surface area contributed by atoms with Crippen molar-refractivity contribution >= 4 is 18.3 Å². The van der Waals surface area contributed by atoms with Gasteiger partial charge in [-0.3, -0.25) is 4.79 Å². The van der Waals surface area contributed by atoms with Gasteiger partial charge in [-0.05, 0) is 37.4 Å². The van der Waals surface area contributed by atoms with Crippen LogP contribution in [0.25, 0.3) is 0 Å². The summed E-state index contributed by atoms with van der Waals surface area (Å²) in [6.07, 6.45) is -2.63. The van der Waals surface area contributed by atoms with Gasteiger partial charge in [0.2, 0.25) is 0 Å². The lowest BCUT2D eigenvalue weighted by atomic mass is 9.97. The van der Waals surface area contributed by atoms with E-state index in [1.54, 1.807) is 17.0 Å². The van der Waals surface area contributed by atoms with Crippen LogP contribution in [0.3, 0.4) is 0 Å². The summed E-state index contributed by atoms with van der Waals surface area (Å²) in [6, 6.07) is 6.02. The average molecular weight is 353 g/mol. The summed E-state index contributed by atoms with van der Waals surface area (Å²) >= 11 is 0. The Morgan fingerprint density at radius 3 is 2.70 bits per heavy atom. The fourth-order valence-electron chi connectivity index (χ4n) is 2.54. The van der Waals surface area contributed by atoms with E-state index < -0.39 is 12.8 Å². The molecule has 1 fully saturated rings. The molecule has 8 heteroatoms. The maximum Gasteiger partial charge on any atom is 0.422 e. The van der Waals surface area contributed by atoms with Gasteiger partial charge in [0.15, 0.2) is 6.61 Å². The molecule has 1 aromatic rings. The molecule has 0 saturated carbocycles. The summed E-state index contributed by atoms with van der Waals surface area (Å²) in [5, 5.41) is 0. The lowest BCUT2D eigenvalue weighted by Gasteiger charge is -2.32. The third-order valence-electron chi connectivity index (χ3n) is 3.65. The lowest BCUT2D eigenvalue weighted by Crippen LogP contribution is -2.42. The van der Waals surface area contributed by atoms with Crippen molar-refractivity contribution in [3.8, 4) is 5.75 Å². The lowest BCUT2D eigenvalue weighted by molar-refractivity contribution is -0.153. The van der Waals surface area contributed by atoms with Crippen LogP contribution in [0.1, 0.15) is 23.2 Å². The number of nitrogens with zero attached hydrogens (tertiary/aromatic N) is 1. The number of halogens is 4. The zero-order chi connectivity index (χ0) is 16.2. The fraction of sp³-hybridized carbons (Fsp3) is 0.533. The molecule has 1 aliphatic heterocycles. The van der Waals surface area contributed by atoms with E-state index in [1.807, 2.05) is 0 Å². The van der Waals surface area contributed by atoms with Gasteiger partial charge in [-0.1, -0.05) is 12.1 Å². The van der Waals surface area contributed by atoms with Crippen LogP contribution in [0, 0.1) is 5.92 Å². The van der Waals surface area contributed by atoms with Gasteiger partial charge >= 0.3 is 6.18 Å². The predicted molar refractivity (Wildman–Crippen MR) is 82.9 cm³/mol. The number of nitrogens with two attached hydrogens (primary N) is 1. The molecule has 1 heterocycles. The summed E-state index contributed by atoms with van der Waals surface area (Å²) in [5.41, 5.74) is 5.80. The van der Waals surface area contributed by atoms with E-state index in [9.17, 15) is 18.0 Å². The van der Waals surface area contributed by atoms with Gasteiger partial charge in [0.05, 0.1) is 5.56 Å². The zero-order valence-electron chi connectivity index (χ0n) is 12.5. The van der Waals surface area contributed by atoms with Crippen molar-refractivity contribution in [1.29, 1.82) is 0 Å². The normalized spacial score (nSPS) is 18.3. The Bertz CT molecular complexity index is 526. The third-order valence-corrected chi connectivity index (χ3v) is 3.65. The third kappa shape index (κ3) is 5.58. The van der Waals surface area contributed by atoms with Crippen LogP contribution in [-0.2, 0) is 0 Å².